The van der Waals surface area contributed by atoms with Gasteiger partial charge in [-0.15, -0.1) is 0 Å². The van der Waals surface area contributed by atoms with Gasteiger partial charge in [0.25, 0.3) is 0 Å². The van der Waals surface area contributed by atoms with Crippen molar-refractivity contribution in [2.24, 2.45) is 0 Å². The first kappa shape index (κ1) is 24.6. The molecule has 1 atom stereocenters. The summed E-state index contributed by atoms with van der Waals surface area (Å²) in [6, 6.07) is 1.71. The molecule has 2 aliphatic heterocycles. The number of sulfone groups is 1. The predicted molar refractivity (Wildman–Crippen MR) is 122 cm³/mol. The van der Waals surface area contributed by atoms with Crippen molar-refractivity contribution >= 4 is 21.6 Å². The van der Waals surface area contributed by atoms with Gasteiger partial charge in [0.2, 0.25) is 11.8 Å². The second-order valence-corrected chi connectivity index (χ2v) is 12.8. The average molecular weight is 485 g/mol. The lowest BCUT2D eigenvalue weighted by Gasteiger charge is -2.31. The Kier molecular flexibility index (Phi) is 7.47. The summed E-state index contributed by atoms with van der Waals surface area (Å²) in [6.07, 6.45) is 7.66. The van der Waals surface area contributed by atoms with Gasteiger partial charge >= 0.3 is 0 Å². The molecule has 2 saturated heterocycles. The minimum atomic E-state index is -3.71. The molecule has 1 aromatic rings. The van der Waals surface area contributed by atoms with Crippen LogP contribution in [0.1, 0.15) is 77.3 Å². The summed E-state index contributed by atoms with van der Waals surface area (Å²) in [4.78, 5) is 13.0. The van der Waals surface area contributed by atoms with Gasteiger partial charge in [0.15, 0.2) is 16.1 Å². The summed E-state index contributed by atoms with van der Waals surface area (Å²) in [7, 11) is -3.71. The standard InChI is InChI=1S/C23H36N2O7S/c1-22(2,33(27,28)17-8-13-29-14-9-17)21(26)24-19-15-18(25-32-19)23(10-4-5-11-23)16-31-20-7-3-6-12-30-20/h15,17,20H,3-14,16H2,1-2H3,(H,24,26). The highest BCUT2D eigenvalue weighted by Gasteiger charge is 2.47. The van der Waals surface area contributed by atoms with Crippen molar-refractivity contribution in [2.45, 2.75) is 93.3 Å². The summed E-state index contributed by atoms with van der Waals surface area (Å²) in [5, 5.41) is 6.31. The van der Waals surface area contributed by atoms with Crippen LogP contribution in [0.4, 0.5) is 5.88 Å². The number of carbonyl (C=O) groups is 1. The molecule has 1 aromatic heterocycles. The van der Waals surface area contributed by atoms with Gasteiger partial charge in [-0.05, 0) is 58.8 Å². The molecule has 10 heteroatoms. The van der Waals surface area contributed by atoms with E-state index in [0.29, 0.717) is 32.7 Å². The fourth-order valence-corrected chi connectivity index (χ4v) is 6.96. The van der Waals surface area contributed by atoms with E-state index >= 15 is 0 Å². The van der Waals surface area contributed by atoms with E-state index in [9.17, 15) is 13.2 Å². The van der Waals surface area contributed by atoms with Crippen LogP contribution in [0, 0.1) is 0 Å². The molecule has 1 amide bonds. The minimum Gasteiger partial charge on any atom is -0.381 e. The smallest absolute Gasteiger partial charge is 0.247 e. The summed E-state index contributed by atoms with van der Waals surface area (Å²) >= 11 is 0. The van der Waals surface area contributed by atoms with E-state index in [1.54, 1.807) is 6.07 Å². The lowest BCUT2D eigenvalue weighted by Crippen LogP contribution is -2.50. The lowest BCUT2D eigenvalue weighted by molar-refractivity contribution is -0.172. The van der Waals surface area contributed by atoms with E-state index in [1.807, 2.05) is 0 Å². The molecule has 0 radical (unpaired) electrons. The third kappa shape index (κ3) is 5.13. The second-order valence-electron chi connectivity index (χ2n) is 9.99. The quantitative estimate of drug-likeness (QED) is 0.597. The highest BCUT2D eigenvalue weighted by molar-refractivity contribution is 7.94. The number of rotatable bonds is 8. The van der Waals surface area contributed by atoms with Crippen LogP contribution >= 0.6 is 0 Å². The van der Waals surface area contributed by atoms with Gasteiger partial charge in [-0.2, -0.15) is 0 Å². The van der Waals surface area contributed by atoms with Crippen molar-refractivity contribution in [2.75, 3.05) is 31.7 Å². The van der Waals surface area contributed by atoms with Crippen LogP contribution in [-0.2, 0) is 34.3 Å². The number of nitrogens with one attached hydrogen (secondary N) is 1. The zero-order valence-corrected chi connectivity index (χ0v) is 20.5. The van der Waals surface area contributed by atoms with E-state index in [1.165, 1.54) is 13.8 Å². The molecule has 9 nitrogen and oxygen atoms in total. The molecule has 3 heterocycles. The number of hydrogen-bond donors (Lipinski definition) is 1. The predicted octanol–water partition coefficient (Wildman–Crippen LogP) is 3.34. The van der Waals surface area contributed by atoms with Crippen LogP contribution in [0.25, 0.3) is 0 Å². The van der Waals surface area contributed by atoms with E-state index in [-0.39, 0.29) is 17.6 Å². The zero-order valence-electron chi connectivity index (χ0n) is 19.6. The number of anilines is 1. The highest BCUT2D eigenvalue weighted by atomic mass is 32.2. The number of ether oxygens (including phenoxy) is 3. The highest BCUT2D eigenvalue weighted by Crippen LogP contribution is 2.42. The van der Waals surface area contributed by atoms with Crippen LogP contribution in [0.3, 0.4) is 0 Å². The Morgan fingerprint density at radius 1 is 1.15 bits per heavy atom. The van der Waals surface area contributed by atoms with Gasteiger partial charge in [0, 0.05) is 31.3 Å². The Balaban J connectivity index is 1.43. The summed E-state index contributed by atoms with van der Waals surface area (Å²) in [5.74, 6) is -0.463. The van der Waals surface area contributed by atoms with Gasteiger partial charge in [0.05, 0.1) is 17.6 Å². The van der Waals surface area contributed by atoms with Crippen LogP contribution in [0.5, 0.6) is 0 Å². The molecule has 3 fully saturated rings. The lowest BCUT2D eigenvalue weighted by atomic mass is 9.83. The van der Waals surface area contributed by atoms with E-state index in [4.69, 9.17) is 18.7 Å². The number of aromatic nitrogens is 1. The SMILES string of the molecule is CC(C)(C(=O)Nc1cc(C2(COC3CCCCO3)CCCC2)no1)S(=O)(=O)C1CCOCC1. The maximum absolute atomic E-state index is 13.1. The van der Waals surface area contributed by atoms with Crippen molar-refractivity contribution < 1.29 is 31.9 Å². The Labute approximate surface area is 195 Å². The summed E-state index contributed by atoms with van der Waals surface area (Å²) in [6.45, 7) is 4.89. The average Bonchev–Trinajstić information content (AvgIpc) is 3.49. The van der Waals surface area contributed by atoms with Gasteiger partial charge in [-0.25, -0.2) is 8.42 Å². The van der Waals surface area contributed by atoms with Crippen molar-refractivity contribution in [1.29, 1.82) is 0 Å². The van der Waals surface area contributed by atoms with Crippen LogP contribution in [0.2, 0.25) is 0 Å². The fraction of sp³-hybridized carbons (Fsp3) is 0.826. The minimum absolute atomic E-state index is 0.158. The van der Waals surface area contributed by atoms with Crippen molar-refractivity contribution in [3.8, 4) is 0 Å². The molecule has 0 spiro atoms. The van der Waals surface area contributed by atoms with Gasteiger partial charge in [-0.1, -0.05) is 18.0 Å². The second kappa shape index (κ2) is 10.0. The third-order valence-electron chi connectivity index (χ3n) is 7.40. The molecule has 0 bridgehead atoms. The first-order chi connectivity index (χ1) is 15.7. The molecule has 1 aliphatic carbocycles. The third-order valence-corrected chi connectivity index (χ3v) is 10.4. The largest absolute Gasteiger partial charge is 0.381 e. The molecule has 1 saturated carbocycles. The molecular weight excluding hydrogens is 448 g/mol. The van der Waals surface area contributed by atoms with Crippen molar-refractivity contribution in [1.82, 2.24) is 5.16 Å². The number of nitrogens with zero attached hydrogens (tertiary/aromatic N) is 1. The van der Waals surface area contributed by atoms with Crippen LogP contribution in [-0.4, -0.2) is 62.2 Å². The first-order valence-electron chi connectivity index (χ1n) is 12.1. The summed E-state index contributed by atoms with van der Waals surface area (Å²) < 4.78 is 47.2. The normalized spacial score (nSPS) is 24.6. The van der Waals surface area contributed by atoms with Gasteiger partial charge < -0.3 is 18.7 Å². The maximum atomic E-state index is 13.1. The molecule has 3 aliphatic rings. The molecule has 1 N–H and O–H groups in total. The molecule has 1 unspecified atom stereocenters. The monoisotopic (exact) mass is 484 g/mol. The van der Waals surface area contributed by atoms with E-state index in [0.717, 1.165) is 57.2 Å². The topological polar surface area (TPSA) is 117 Å². The summed E-state index contributed by atoms with van der Waals surface area (Å²) in [5.41, 5.74) is 0.452. The van der Waals surface area contributed by atoms with E-state index in [2.05, 4.69) is 10.5 Å². The van der Waals surface area contributed by atoms with E-state index < -0.39 is 25.7 Å². The molecule has 33 heavy (non-hydrogen) atoms. The Morgan fingerprint density at radius 2 is 1.88 bits per heavy atom. The Bertz CT molecular complexity index is 909. The molecular formula is C23H36N2O7S. The molecule has 186 valence electrons. The fourth-order valence-electron chi connectivity index (χ4n) is 5.00. The maximum Gasteiger partial charge on any atom is 0.247 e. The Hall–Kier alpha value is -1.49. The van der Waals surface area contributed by atoms with Gasteiger partial charge in [0.1, 0.15) is 4.75 Å². The van der Waals surface area contributed by atoms with Crippen molar-refractivity contribution in [3.05, 3.63) is 11.8 Å². The van der Waals surface area contributed by atoms with Gasteiger partial charge in [-0.3, -0.25) is 10.1 Å². The van der Waals surface area contributed by atoms with Crippen molar-refractivity contribution in [3.63, 3.8) is 0 Å². The first-order valence-corrected chi connectivity index (χ1v) is 13.6. The number of amides is 1. The van der Waals surface area contributed by atoms with Crippen LogP contribution in [0.15, 0.2) is 10.6 Å². The Morgan fingerprint density at radius 3 is 2.55 bits per heavy atom. The van der Waals surface area contributed by atoms with Crippen LogP contribution < -0.4 is 5.32 Å². The molecule has 0 aromatic carbocycles. The number of hydrogen-bond acceptors (Lipinski definition) is 8. The zero-order chi connectivity index (χ0) is 23.5. The molecule has 4 rings (SSSR count). The number of carbonyl (C=O) groups excluding carboxylic acids is 1.